The van der Waals surface area contributed by atoms with Crippen LogP contribution in [0.2, 0.25) is 0 Å². The molecule has 0 aromatic rings. The minimum atomic E-state index is 0.886. The van der Waals surface area contributed by atoms with Gasteiger partial charge >= 0.3 is 0 Å². The van der Waals surface area contributed by atoms with Crippen LogP contribution in [0.4, 0.5) is 0 Å². The number of hydrogen-bond acceptors (Lipinski definition) is 1. The molecule has 0 aliphatic carbocycles. The van der Waals surface area contributed by atoms with E-state index in [4.69, 9.17) is 5.11 Å². The number of hydrogen-bond donors (Lipinski definition) is 1. The van der Waals surface area contributed by atoms with Gasteiger partial charge in [-0.15, -0.1) is 0 Å². The van der Waals surface area contributed by atoms with Crippen molar-refractivity contribution >= 4 is 0 Å². The fourth-order valence-corrected chi connectivity index (χ4v) is 0.590. The molecule has 1 nitrogen and oxygen atoms in total. The van der Waals surface area contributed by atoms with E-state index in [-0.39, 0.29) is 0 Å². The van der Waals surface area contributed by atoms with Gasteiger partial charge in [-0.1, -0.05) is 19.9 Å². The second kappa shape index (κ2) is 4.19. The lowest BCUT2D eigenvalue weighted by Crippen LogP contribution is -1.81. The first-order valence-corrected chi connectivity index (χ1v) is 3.21. The first-order chi connectivity index (χ1) is 4.22. The molecule has 0 saturated heterocycles. The molecule has 1 heteroatoms. The van der Waals surface area contributed by atoms with Crippen LogP contribution in [-0.2, 0) is 0 Å². The summed E-state index contributed by atoms with van der Waals surface area (Å²) in [5.41, 5.74) is 1.91. The Morgan fingerprint density at radius 3 is 2.56 bits per heavy atom. The Kier molecular flexibility index (Phi) is 3.85. The van der Waals surface area contributed by atoms with E-state index in [0.717, 1.165) is 30.2 Å². The molecule has 0 heterocycles. The summed E-state index contributed by atoms with van der Waals surface area (Å²) >= 11 is 0. The molecule has 0 saturated carbocycles. The van der Waals surface area contributed by atoms with E-state index >= 15 is 0 Å². The molecule has 0 bridgehead atoms. The van der Waals surface area contributed by atoms with Crippen LogP contribution >= 0.6 is 0 Å². The molecule has 0 atom stereocenters. The van der Waals surface area contributed by atoms with Gasteiger partial charge < -0.3 is 5.11 Å². The quantitative estimate of drug-likeness (QED) is 0.455. The Morgan fingerprint density at radius 2 is 2.22 bits per heavy atom. The highest BCUT2D eigenvalue weighted by molar-refractivity contribution is 5.23. The number of aliphatic hydroxyl groups is 1. The molecule has 0 aliphatic rings. The number of aliphatic hydroxyl groups excluding tert-OH is 1. The summed E-state index contributed by atoms with van der Waals surface area (Å²) in [5, 5.41) is 8.51. The van der Waals surface area contributed by atoms with Crippen LogP contribution in [0.25, 0.3) is 0 Å². The van der Waals surface area contributed by atoms with Gasteiger partial charge in [0.25, 0.3) is 0 Å². The normalized spacial score (nSPS) is 11.6. The number of rotatable bonds is 3. The Labute approximate surface area is 56.7 Å². The van der Waals surface area contributed by atoms with Gasteiger partial charge in [0.05, 0.1) is 6.26 Å². The third kappa shape index (κ3) is 2.96. The highest BCUT2D eigenvalue weighted by atomic mass is 16.2. The van der Waals surface area contributed by atoms with E-state index < -0.39 is 0 Å². The zero-order valence-electron chi connectivity index (χ0n) is 6.15. The molecule has 0 amide bonds. The van der Waals surface area contributed by atoms with Gasteiger partial charge in [-0.2, -0.15) is 0 Å². The molecule has 9 heavy (non-hydrogen) atoms. The molecular formula is C8H14O. The molecule has 0 unspecified atom stereocenters. The molecule has 0 radical (unpaired) electrons. The van der Waals surface area contributed by atoms with Crippen molar-refractivity contribution in [2.45, 2.75) is 26.7 Å². The smallest absolute Gasteiger partial charge is 0.0823 e. The second-order valence-corrected chi connectivity index (χ2v) is 2.17. The summed E-state index contributed by atoms with van der Waals surface area (Å²) in [6.07, 6.45) is 3.17. The largest absolute Gasteiger partial charge is 0.515 e. The van der Waals surface area contributed by atoms with Gasteiger partial charge in [0.2, 0.25) is 0 Å². The van der Waals surface area contributed by atoms with Crippen molar-refractivity contribution in [3.05, 3.63) is 24.0 Å². The van der Waals surface area contributed by atoms with Crippen molar-refractivity contribution in [2.75, 3.05) is 0 Å². The Balaban J connectivity index is 3.74. The summed E-state index contributed by atoms with van der Waals surface area (Å²) in [6, 6.07) is 0. The fraction of sp³-hybridized carbons (Fsp3) is 0.500. The first-order valence-electron chi connectivity index (χ1n) is 3.21. The van der Waals surface area contributed by atoms with E-state index in [2.05, 4.69) is 13.5 Å². The summed E-state index contributed by atoms with van der Waals surface area (Å²) in [4.78, 5) is 0. The lowest BCUT2D eigenvalue weighted by atomic mass is 10.1. The zero-order valence-corrected chi connectivity index (χ0v) is 6.15. The van der Waals surface area contributed by atoms with Crippen molar-refractivity contribution in [1.29, 1.82) is 0 Å². The van der Waals surface area contributed by atoms with Gasteiger partial charge in [0.15, 0.2) is 0 Å². The maximum Gasteiger partial charge on any atom is 0.0823 e. The lowest BCUT2D eigenvalue weighted by Gasteiger charge is -2.00. The minimum Gasteiger partial charge on any atom is -0.515 e. The summed E-state index contributed by atoms with van der Waals surface area (Å²) in [7, 11) is 0. The Hall–Kier alpha value is -0.720. The Morgan fingerprint density at radius 1 is 1.67 bits per heavy atom. The van der Waals surface area contributed by atoms with E-state index in [1.54, 1.807) is 0 Å². The van der Waals surface area contributed by atoms with Crippen LogP contribution < -0.4 is 0 Å². The lowest BCUT2D eigenvalue weighted by molar-refractivity contribution is 0.468. The third-order valence-corrected chi connectivity index (χ3v) is 1.30. The molecule has 0 spiro atoms. The van der Waals surface area contributed by atoms with Crippen molar-refractivity contribution in [1.82, 2.24) is 0 Å². The second-order valence-electron chi connectivity index (χ2n) is 2.17. The maximum absolute atomic E-state index is 8.51. The molecular weight excluding hydrogens is 112 g/mol. The average molecular weight is 126 g/mol. The highest BCUT2D eigenvalue weighted by Crippen LogP contribution is 2.11. The SMILES string of the molecule is C=C(CCC)/C(C)=C/O. The van der Waals surface area contributed by atoms with Gasteiger partial charge in [0, 0.05) is 0 Å². The summed E-state index contributed by atoms with van der Waals surface area (Å²) < 4.78 is 0. The predicted molar refractivity (Wildman–Crippen MR) is 40.4 cm³/mol. The van der Waals surface area contributed by atoms with Crippen LogP contribution in [0, 0.1) is 0 Å². The van der Waals surface area contributed by atoms with Gasteiger partial charge in [0.1, 0.15) is 0 Å². The van der Waals surface area contributed by atoms with Crippen LogP contribution in [0.5, 0.6) is 0 Å². The highest BCUT2D eigenvalue weighted by Gasteiger charge is 1.92. The standard InChI is InChI=1S/C8H14O/c1-4-5-7(2)8(3)6-9/h6,9H,2,4-5H2,1,3H3/b8-6+. The van der Waals surface area contributed by atoms with Crippen LogP contribution in [0.3, 0.4) is 0 Å². The van der Waals surface area contributed by atoms with Gasteiger partial charge in [-0.05, 0) is 24.5 Å². The molecule has 52 valence electrons. The monoisotopic (exact) mass is 126 g/mol. The van der Waals surface area contributed by atoms with E-state index in [1.807, 2.05) is 6.92 Å². The van der Waals surface area contributed by atoms with Gasteiger partial charge in [-0.25, -0.2) is 0 Å². The predicted octanol–water partition coefficient (Wildman–Crippen LogP) is 2.80. The van der Waals surface area contributed by atoms with Crippen molar-refractivity contribution in [3.8, 4) is 0 Å². The van der Waals surface area contributed by atoms with Crippen LogP contribution in [-0.4, -0.2) is 5.11 Å². The third-order valence-electron chi connectivity index (χ3n) is 1.30. The molecule has 0 aromatic carbocycles. The molecule has 0 fully saturated rings. The van der Waals surface area contributed by atoms with Gasteiger partial charge in [-0.3, -0.25) is 0 Å². The van der Waals surface area contributed by atoms with E-state index in [9.17, 15) is 0 Å². The average Bonchev–Trinajstić information content (AvgIpc) is 1.87. The Bertz CT molecular complexity index is 123. The maximum atomic E-state index is 8.51. The molecule has 1 N–H and O–H groups in total. The minimum absolute atomic E-state index is 0.886. The first kappa shape index (κ1) is 8.28. The summed E-state index contributed by atoms with van der Waals surface area (Å²) in [6.45, 7) is 7.74. The van der Waals surface area contributed by atoms with Crippen molar-refractivity contribution in [2.24, 2.45) is 0 Å². The molecule has 0 rings (SSSR count). The van der Waals surface area contributed by atoms with Crippen LogP contribution in [0.1, 0.15) is 26.7 Å². The topological polar surface area (TPSA) is 20.2 Å². The fourth-order valence-electron chi connectivity index (χ4n) is 0.590. The van der Waals surface area contributed by atoms with Crippen molar-refractivity contribution in [3.63, 3.8) is 0 Å². The summed E-state index contributed by atoms with van der Waals surface area (Å²) in [5.74, 6) is 0. The van der Waals surface area contributed by atoms with Crippen molar-refractivity contribution < 1.29 is 5.11 Å². The van der Waals surface area contributed by atoms with Crippen LogP contribution in [0.15, 0.2) is 24.0 Å². The van der Waals surface area contributed by atoms with E-state index in [0.29, 0.717) is 0 Å². The number of allylic oxidation sites excluding steroid dienone is 2. The molecule has 0 aliphatic heterocycles. The molecule has 0 aromatic heterocycles. The zero-order chi connectivity index (χ0) is 7.28. The van der Waals surface area contributed by atoms with E-state index in [1.165, 1.54) is 0 Å².